The van der Waals surface area contributed by atoms with E-state index in [1.165, 1.54) is 0 Å². The first-order valence-corrected chi connectivity index (χ1v) is 5.91. The molecule has 2 rings (SSSR count). The zero-order valence-corrected chi connectivity index (χ0v) is 9.72. The summed E-state index contributed by atoms with van der Waals surface area (Å²) >= 11 is 0. The molecule has 0 radical (unpaired) electrons. The second kappa shape index (κ2) is 6.37. The highest BCUT2D eigenvalue weighted by atomic mass is 16.5. The summed E-state index contributed by atoms with van der Waals surface area (Å²) in [5.74, 6) is -0.269. The molecule has 1 aliphatic heterocycles. The van der Waals surface area contributed by atoms with Crippen molar-refractivity contribution < 1.29 is 14.3 Å². The summed E-state index contributed by atoms with van der Waals surface area (Å²) in [6, 6.07) is 9.02. The van der Waals surface area contributed by atoms with E-state index in [4.69, 9.17) is 9.47 Å². The Morgan fingerprint density at radius 1 is 1.41 bits per heavy atom. The van der Waals surface area contributed by atoms with E-state index in [0.717, 1.165) is 26.1 Å². The first-order valence-electron chi connectivity index (χ1n) is 5.91. The minimum Gasteiger partial charge on any atom is -0.462 e. The molecular formula is C13H17NO3. The van der Waals surface area contributed by atoms with E-state index in [1.54, 1.807) is 12.1 Å². The van der Waals surface area contributed by atoms with Crippen molar-refractivity contribution in [3.63, 3.8) is 0 Å². The number of hydrogen-bond donors (Lipinski definition) is 1. The Balaban J connectivity index is 1.69. The third-order valence-electron chi connectivity index (χ3n) is 2.69. The summed E-state index contributed by atoms with van der Waals surface area (Å²) in [4.78, 5) is 11.6. The van der Waals surface area contributed by atoms with Gasteiger partial charge in [-0.05, 0) is 12.1 Å². The van der Waals surface area contributed by atoms with E-state index >= 15 is 0 Å². The van der Waals surface area contributed by atoms with E-state index in [-0.39, 0.29) is 12.1 Å². The summed E-state index contributed by atoms with van der Waals surface area (Å²) in [6.07, 6.45) is 0.901. The van der Waals surface area contributed by atoms with Crippen molar-refractivity contribution >= 4 is 5.97 Å². The number of rotatable bonds is 4. The molecule has 1 fully saturated rings. The monoisotopic (exact) mass is 235 g/mol. The van der Waals surface area contributed by atoms with Crippen LogP contribution in [0.25, 0.3) is 0 Å². The first-order chi connectivity index (χ1) is 8.36. The van der Waals surface area contributed by atoms with Crippen LogP contribution < -0.4 is 5.32 Å². The fraction of sp³-hybridized carbons (Fsp3) is 0.462. The summed E-state index contributed by atoms with van der Waals surface area (Å²) in [5, 5.41) is 3.24. The van der Waals surface area contributed by atoms with Crippen molar-refractivity contribution in [2.75, 3.05) is 26.3 Å². The number of carbonyl (C=O) groups excluding carboxylic acids is 1. The molecule has 0 spiro atoms. The normalized spacial score (nSPS) is 19.9. The molecule has 1 saturated heterocycles. The number of benzene rings is 1. The number of esters is 1. The molecule has 0 amide bonds. The Morgan fingerprint density at radius 2 is 2.24 bits per heavy atom. The lowest BCUT2D eigenvalue weighted by atomic mass is 10.2. The molecule has 0 aliphatic carbocycles. The van der Waals surface area contributed by atoms with Gasteiger partial charge in [-0.25, -0.2) is 4.79 Å². The summed E-state index contributed by atoms with van der Waals surface area (Å²) < 4.78 is 10.7. The van der Waals surface area contributed by atoms with E-state index in [2.05, 4.69) is 5.32 Å². The summed E-state index contributed by atoms with van der Waals surface area (Å²) in [6.45, 7) is 2.88. The zero-order chi connectivity index (χ0) is 11.9. The average molecular weight is 235 g/mol. The molecule has 0 aromatic heterocycles. The van der Waals surface area contributed by atoms with Gasteiger partial charge < -0.3 is 14.8 Å². The molecule has 4 nitrogen and oxygen atoms in total. The Bertz CT molecular complexity index is 347. The van der Waals surface area contributed by atoms with Gasteiger partial charge in [0, 0.05) is 19.5 Å². The van der Waals surface area contributed by atoms with Crippen LogP contribution in [0.5, 0.6) is 0 Å². The molecular weight excluding hydrogens is 218 g/mol. The fourth-order valence-electron chi connectivity index (χ4n) is 1.75. The topological polar surface area (TPSA) is 47.6 Å². The smallest absolute Gasteiger partial charge is 0.338 e. The van der Waals surface area contributed by atoms with Crippen LogP contribution >= 0.6 is 0 Å². The van der Waals surface area contributed by atoms with Crippen molar-refractivity contribution in [2.24, 2.45) is 0 Å². The van der Waals surface area contributed by atoms with Crippen molar-refractivity contribution in [3.8, 4) is 0 Å². The van der Waals surface area contributed by atoms with E-state index in [0.29, 0.717) is 12.2 Å². The Kier molecular flexibility index (Phi) is 4.53. The van der Waals surface area contributed by atoms with Crippen LogP contribution in [0.4, 0.5) is 0 Å². The Morgan fingerprint density at radius 3 is 2.94 bits per heavy atom. The standard InChI is InChI=1S/C13H17NO3/c15-13(11-4-2-1-3-5-11)17-8-6-12-10-14-7-9-16-12/h1-5,12,14H,6-10H2. The highest BCUT2D eigenvalue weighted by Gasteiger charge is 2.14. The molecule has 0 bridgehead atoms. The number of hydrogen-bond acceptors (Lipinski definition) is 4. The first kappa shape index (κ1) is 12.1. The van der Waals surface area contributed by atoms with Crippen LogP contribution in [0.1, 0.15) is 16.8 Å². The molecule has 1 heterocycles. The second-order valence-corrected chi connectivity index (χ2v) is 3.99. The summed E-state index contributed by atoms with van der Waals surface area (Å²) in [7, 11) is 0. The maximum absolute atomic E-state index is 11.6. The van der Waals surface area contributed by atoms with Gasteiger partial charge in [0.25, 0.3) is 0 Å². The highest BCUT2D eigenvalue weighted by Crippen LogP contribution is 2.05. The van der Waals surface area contributed by atoms with E-state index in [1.807, 2.05) is 18.2 Å². The third-order valence-corrected chi connectivity index (χ3v) is 2.69. The van der Waals surface area contributed by atoms with Crippen molar-refractivity contribution in [1.29, 1.82) is 0 Å². The number of morpholine rings is 1. The second-order valence-electron chi connectivity index (χ2n) is 3.99. The minimum atomic E-state index is -0.269. The largest absolute Gasteiger partial charge is 0.462 e. The number of carbonyl (C=O) groups is 1. The quantitative estimate of drug-likeness (QED) is 0.797. The molecule has 1 unspecified atom stereocenters. The molecule has 17 heavy (non-hydrogen) atoms. The summed E-state index contributed by atoms with van der Waals surface area (Å²) in [5.41, 5.74) is 0.593. The maximum atomic E-state index is 11.6. The average Bonchev–Trinajstić information content (AvgIpc) is 2.41. The highest BCUT2D eigenvalue weighted by molar-refractivity contribution is 5.89. The third kappa shape index (κ3) is 3.84. The van der Waals surface area contributed by atoms with Crippen molar-refractivity contribution in [2.45, 2.75) is 12.5 Å². The van der Waals surface area contributed by atoms with Crippen molar-refractivity contribution in [3.05, 3.63) is 35.9 Å². The van der Waals surface area contributed by atoms with E-state index < -0.39 is 0 Å². The predicted octanol–water partition coefficient (Wildman–Crippen LogP) is 1.22. The Labute approximate surface area is 101 Å². The van der Waals surface area contributed by atoms with Gasteiger partial charge in [0.1, 0.15) is 0 Å². The minimum absolute atomic E-state index is 0.160. The molecule has 1 aromatic carbocycles. The predicted molar refractivity (Wildman–Crippen MR) is 64.0 cm³/mol. The van der Waals surface area contributed by atoms with Crippen LogP contribution in [0, 0.1) is 0 Å². The molecule has 0 saturated carbocycles. The van der Waals surface area contributed by atoms with Crippen LogP contribution in [0.3, 0.4) is 0 Å². The van der Waals surface area contributed by atoms with Crippen LogP contribution in [-0.2, 0) is 9.47 Å². The lowest BCUT2D eigenvalue weighted by Crippen LogP contribution is -2.39. The van der Waals surface area contributed by atoms with Gasteiger partial charge in [0.2, 0.25) is 0 Å². The van der Waals surface area contributed by atoms with E-state index in [9.17, 15) is 4.79 Å². The maximum Gasteiger partial charge on any atom is 0.338 e. The van der Waals surface area contributed by atoms with Gasteiger partial charge in [-0.3, -0.25) is 0 Å². The van der Waals surface area contributed by atoms with Crippen molar-refractivity contribution in [1.82, 2.24) is 5.32 Å². The van der Waals surface area contributed by atoms with Crippen LogP contribution in [0.2, 0.25) is 0 Å². The zero-order valence-electron chi connectivity index (χ0n) is 9.72. The van der Waals surface area contributed by atoms with Crippen LogP contribution in [-0.4, -0.2) is 38.4 Å². The molecule has 1 N–H and O–H groups in total. The fourth-order valence-corrected chi connectivity index (χ4v) is 1.75. The Hall–Kier alpha value is -1.39. The SMILES string of the molecule is O=C(OCCC1CNCCO1)c1ccccc1. The van der Waals surface area contributed by atoms with Gasteiger partial charge in [-0.1, -0.05) is 18.2 Å². The lowest BCUT2D eigenvalue weighted by Gasteiger charge is -2.23. The molecule has 1 aromatic rings. The molecule has 1 atom stereocenters. The molecule has 4 heteroatoms. The van der Waals surface area contributed by atoms with Crippen LogP contribution in [0.15, 0.2) is 30.3 Å². The van der Waals surface area contributed by atoms with Gasteiger partial charge in [0.05, 0.1) is 24.9 Å². The van der Waals surface area contributed by atoms with Gasteiger partial charge in [-0.15, -0.1) is 0 Å². The number of nitrogens with one attached hydrogen (secondary N) is 1. The van der Waals surface area contributed by atoms with Gasteiger partial charge in [0.15, 0.2) is 0 Å². The lowest BCUT2D eigenvalue weighted by molar-refractivity contribution is 0.00506. The number of ether oxygens (including phenoxy) is 2. The van der Waals surface area contributed by atoms with Gasteiger partial charge in [-0.2, -0.15) is 0 Å². The molecule has 92 valence electrons. The van der Waals surface area contributed by atoms with Gasteiger partial charge >= 0.3 is 5.97 Å². The molecule has 1 aliphatic rings.